The molecule has 2 N–H and O–H groups in total. The summed E-state index contributed by atoms with van der Waals surface area (Å²) in [6.45, 7) is 4.69. The molecule has 1 aliphatic rings. The Balaban J connectivity index is 2.43. The lowest BCUT2D eigenvalue weighted by molar-refractivity contribution is 0.177. The van der Waals surface area contributed by atoms with Gasteiger partial charge in [0, 0.05) is 11.4 Å². The third kappa shape index (κ3) is 2.46. The van der Waals surface area contributed by atoms with Crippen molar-refractivity contribution in [3.63, 3.8) is 0 Å². The average Bonchev–Trinajstić information content (AvgIpc) is 2.01. The molecule has 0 aliphatic heterocycles. The molecule has 0 bridgehead atoms. The predicted molar refractivity (Wildman–Crippen MR) is 57.4 cm³/mol. The maximum atomic E-state index is 6.10. The summed E-state index contributed by atoms with van der Waals surface area (Å²) in [4.78, 5) is 0. The highest BCUT2D eigenvalue weighted by Gasteiger charge is 2.29. The lowest BCUT2D eigenvalue weighted by Crippen LogP contribution is -2.39. The van der Waals surface area contributed by atoms with E-state index in [1.54, 1.807) is 0 Å². The molecule has 1 rings (SSSR count). The molecule has 1 fully saturated rings. The summed E-state index contributed by atoms with van der Waals surface area (Å²) >= 11 is 3.49. The van der Waals surface area contributed by atoms with Crippen LogP contribution in [0.25, 0.3) is 0 Å². The summed E-state index contributed by atoms with van der Waals surface area (Å²) in [5, 5.41) is 1.10. The Morgan fingerprint density at radius 2 is 1.83 bits per heavy atom. The van der Waals surface area contributed by atoms with Crippen LogP contribution in [-0.2, 0) is 0 Å². The van der Waals surface area contributed by atoms with Gasteiger partial charge in [-0.05, 0) is 37.0 Å². The summed E-state index contributed by atoms with van der Waals surface area (Å²) in [6, 6.07) is 0.453. The Morgan fingerprint density at radius 1 is 1.25 bits per heavy atom. The van der Waals surface area contributed by atoms with Crippen LogP contribution in [0.15, 0.2) is 0 Å². The van der Waals surface area contributed by atoms with Gasteiger partial charge in [-0.15, -0.1) is 0 Å². The topological polar surface area (TPSA) is 26.0 Å². The molecule has 1 nitrogen and oxygen atoms in total. The van der Waals surface area contributed by atoms with Gasteiger partial charge in [-0.2, -0.15) is 0 Å². The number of alkyl halides is 1. The molecular weight excluding hydrogens is 214 g/mol. The molecule has 2 heteroatoms. The molecule has 12 heavy (non-hydrogen) atoms. The van der Waals surface area contributed by atoms with Gasteiger partial charge in [-0.25, -0.2) is 0 Å². The summed E-state index contributed by atoms with van der Waals surface area (Å²) in [6.07, 6.45) is 3.80. The smallest absolute Gasteiger partial charge is 0.00701 e. The molecule has 4 atom stereocenters. The fourth-order valence-electron chi connectivity index (χ4n) is 2.21. The number of halogens is 1. The second kappa shape index (κ2) is 4.61. The summed E-state index contributed by atoms with van der Waals surface area (Å²) in [7, 11) is 0. The van der Waals surface area contributed by atoms with E-state index in [1.165, 1.54) is 19.3 Å². The van der Waals surface area contributed by atoms with Crippen LogP contribution in [0.3, 0.4) is 0 Å². The maximum absolute atomic E-state index is 6.10. The first-order valence-corrected chi connectivity index (χ1v) is 6.08. The zero-order valence-electron chi connectivity index (χ0n) is 8.09. The highest BCUT2D eigenvalue weighted by Crippen LogP contribution is 2.34. The molecule has 72 valence electrons. The van der Waals surface area contributed by atoms with Gasteiger partial charge in [-0.3, -0.25) is 0 Å². The fraction of sp³-hybridized carbons (Fsp3) is 1.00. The van der Waals surface area contributed by atoms with E-state index in [0.29, 0.717) is 6.04 Å². The van der Waals surface area contributed by atoms with Crippen molar-refractivity contribution in [1.29, 1.82) is 0 Å². The molecule has 0 aromatic rings. The normalized spacial score (nSPS) is 43.0. The van der Waals surface area contributed by atoms with Crippen molar-refractivity contribution in [2.75, 3.05) is 5.33 Å². The van der Waals surface area contributed by atoms with Crippen LogP contribution in [0.4, 0.5) is 0 Å². The Hall–Kier alpha value is 0.440. The molecule has 0 saturated heterocycles. The Morgan fingerprint density at radius 3 is 2.42 bits per heavy atom. The van der Waals surface area contributed by atoms with Gasteiger partial charge >= 0.3 is 0 Å². The highest BCUT2D eigenvalue weighted by atomic mass is 79.9. The number of rotatable bonds is 2. The van der Waals surface area contributed by atoms with Gasteiger partial charge in [0.15, 0.2) is 0 Å². The first-order valence-electron chi connectivity index (χ1n) is 4.96. The Bertz CT molecular complexity index is 138. The van der Waals surface area contributed by atoms with E-state index < -0.39 is 0 Å². The van der Waals surface area contributed by atoms with Crippen LogP contribution < -0.4 is 5.73 Å². The molecule has 4 unspecified atom stereocenters. The van der Waals surface area contributed by atoms with Gasteiger partial charge in [0.05, 0.1) is 0 Å². The minimum atomic E-state index is 0.453. The third-order valence-electron chi connectivity index (χ3n) is 3.38. The summed E-state index contributed by atoms with van der Waals surface area (Å²) < 4.78 is 0. The SMILES string of the molecule is CC1CC(N)C(CCBr)CC1C. The van der Waals surface area contributed by atoms with E-state index in [0.717, 1.165) is 23.1 Å². The van der Waals surface area contributed by atoms with Crippen molar-refractivity contribution in [3.8, 4) is 0 Å². The zero-order chi connectivity index (χ0) is 9.14. The molecule has 0 radical (unpaired) electrons. The lowest BCUT2D eigenvalue weighted by atomic mass is 9.72. The maximum Gasteiger partial charge on any atom is 0.00701 e. The summed E-state index contributed by atoms with van der Waals surface area (Å²) in [5.41, 5.74) is 6.10. The van der Waals surface area contributed by atoms with Crippen molar-refractivity contribution in [3.05, 3.63) is 0 Å². The molecule has 0 aromatic carbocycles. The van der Waals surface area contributed by atoms with Gasteiger partial charge in [0.1, 0.15) is 0 Å². The van der Waals surface area contributed by atoms with E-state index in [9.17, 15) is 0 Å². The van der Waals surface area contributed by atoms with Crippen LogP contribution in [0, 0.1) is 17.8 Å². The molecule has 0 aromatic heterocycles. The molecule has 1 saturated carbocycles. The van der Waals surface area contributed by atoms with Crippen molar-refractivity contribution < 1.29 is 0 Å². The van der Waals surface area contributed by atoms with Crippen LogP contribution in [0.5, 0.6) is 0 Å². The standard InChI is InChI=1S/C10H20BrN/c1-7-5-9(3-4-11)10(12)6-8(7)2/h7-10H,3-6,12H2,1-2H3. The number of hydrogen-bond acceptors (Lipinski definition) is 1. The average molecular weight is 234 g/mol. The van der Waals surface area contributed by atoms with E-state index >= 15 is 0 Å². The van der Waals surface area contributed by atoms with Crippen LogP contribution in [0.2, 0.25) is 0 Å². The van der Waals surface area contributed by atoms with E-state index in [-0.39, 0.29) is 0 Å². The molecule has 0 amide bonds. The lowest BCUT2D eigenvalue weighted by Gasteiger charge is -2.36. The zero-order valence-corrected chi connectivity index (χ0v) is 9.68. The first kappa shape index (κ1) is 10.5. The second-order valence-corrected chi connectivity index (χ2v) is 5.12. The fourth-order valence-corrected chi connectivity index (χ4v) is 2.80. The molecule has 0 heterocycles. The van der Waals surface area contributed by atoms with Crippen molar-refractivity contribution in [1.82, 2.24) is 0 Å². The molecular formula is C10H20BrN. The largest absolute Gasteiger partial charge is 0.327 e. The third-order valence-corrected chi connectivity index (χ3v) is 3.83. The van der Waals surface area contributed by atoms with Crippen LogP contribution in [-0.4, -0.2) is 11.4 Å². The summed E-state index contributed by atoms with van der Waals surface area (Å²) in [5.74, 6) is 2.45. The van der Waals surface area contributed by atoms with Crippen molar-refractivity contribution in [2.45, 2.75) is 39.2 Å². The van der Waals surface area contributed by atoms with Gasteiger partial charge in [0.2, 0.25) is 0 Å². The monoisotopic (exact) mass is 233 g/mol. The van der Waals surface area contributed by atoms with Crippen molar-refractivity contribution in [2.24, 2.45) is 23.5 Å². The number of hydrogen-bond donors (Lipinski definition) is 1. The van der Waals surface area contributed by atoms with Gasteiger partial charge < -0.3 is 5.73 Å². The van der Waals surface area contributed by atoms with Crippen LogP contribution in [0.1, 0.15) is 33.1 Å². The minimum absolute atomic E-state index is 0.453. The second-order valence-electron chi connectivity index (χ2n) is 4.33. The first-order chi connectivity index (χ1) is 5.65. The minimum Gasteiger partial charge on any atom is -0.327 e. The highest BCUT2D eigenvalue weighted by molar-refractivity contribution is 9.09. The van der Waals surface area contributed by atoms with E-state index in [4.69, 9.17) is 5.73 Å². The predicted octanol–water partition coefficient (Wildman–Crippen LogP) is 2.78. The number of nitrogens with two attached hydrogens (primary N) is 1. The van der Waals surface area contributed by atoms with E-state index in [1.807, 2.05) is 0 Å². The Labute approximate surface area is 84.2 Å². The van der Waals surface area contributed by atoms with Gasteiger partial charge in [-0.1, -0.05) is 29.8 Å². The Kier molecular flexibility index (Phi) is 4.04. The van der Waals surface area contributed by atoms with Gasteiger partial charge in [0.25, 0.3) is 0 Å². The molecule has 0 spiro atoms. The molecule has 1 aliphatic carbocycles. The van der Waals surface area contributed by atoms with Crippen LogP contribution >= 0.6 is 15.9 Å². The quantitative estimate of drug-likeness (QED) is 0.730. The van der Waals surface area contributed by atoms with Crippen molar-refractivity contribution >= 4 is 15.9 Å². The van der Waals surface area contributed by atoms with E-state index in [2.05, 4.69) is 29.8 Å².